The zero-order valence-electron chi connectivity index (χ0n) is 31.3. The predicted octanol–water partition coefficient (Wildman–Crippen LogP) is 12.3. The van der Waals surface area contributed by atoms with Crippen molar-refractivity contribution >= 4 is 72.3 Å². The normalized spacial score (nSPS) is 15.8. The number of nitrogens with zero attached hydrogens (tertiary/aromatic N) is 7. The first-order valence-electron chi connectivity index (χ1n) is 19.7. The summed E-state index contributed by atoms with van der Waals surface area (Å²) in [7, 11) is 0. The summed E-state index contributed by atoms with van der Waals surface area (Å²) in [5.74, 6) is 0.227. The van der Waals surface area contributed by atoms with E-state index in [0.717, 1.165) is 89.4 Å². The molecule has 0 saturated carbocycles. The number of benzene rings is 5. The van der Waals surface area contributed by atoms with Crippen LogP contribution in [0.5, 0.6) is 0 Å². The second kappa shape index (κ2) is 12.9. The van der Waals surface area contributed by atoms with Crippen LogP contribution < -0.4 is 9.80 Å². The van der Waals surface area contributed by atoms with E-state index in [4.69, 9.17) is 15.0 Å². The van der Waals surface area contributed by atoms with E-state index < -0.39 is 0 Å². The summed E-state index contributed by atoms with van der Waals surface area (Å²) >= 11 is 0. The van der Waals surface area contributed by atoms with Crippen LogP contribution >= 0.6 is 0 Å². The monoisotopic (exact) mass is 745 g/mol. The van der Waals surface area contributed by atoms with Gasteiger partial charge in [-0.25, -0.2) is 0 Å². The Morgan fingerprint density at radius 3 is 1.45 bits per heavy atom. The summed E-state index contributed by atoms with van der Waals surface area (Å²) in [4.78, 5) is 19.1. The van der Waals surface area contributed by atoms with Crippen molar-refractivity contribution in [3.05, 3.63) is 206 Å². The summed E-state index contributed by atoms with van der Waals surface area (Å²) in [6.45, 7) is 0. The minimum atomic E-state index is 0.184. The maximum absolute atomic E-state index is 4.82. The van der Waals surface area contributed by atoms with Crippen LogP contribution in [0.25, 0.3) is 55.2 Å². The molecule has 10 aromatic rings. The van der Waals surface area contributed by atoms with Crippen LogP contribution in [-0.4, -0.2) is 30.1 Å². The number of pyridine rings is 3. The molecule has 12 rings (SSSR count). The average molecular weight is 746 g/mol. The zero-order chi connectivity index (χ0) is 38.2. The molecular formula is C51H35N7. The van der Waals surface area contributed by atoms with Crippen LogP contribution in [0.4, 0.5) is 28.4 Å². The van der Waals surface area contributed by atoms with E-state index in [1.54, 1.807) is 0 Å². The molecule has 1 aliphatic heterocycles. The number of anilines is 5. The summed E-state index contributed by atoms with van der Waals surface area (Å²) in [5.41, 5.74) is 15.2. The van der Waals surface area contributed by atoms with E-state index in [1.165, 1.54) is 0 Å². The van der Waals surface area contributed by atoms with Crippen LogP contribution in [0.2, 0.25) is 0 Å². The Labute approximate surface area is 334 Å². The Balaban J connectivity index is 0.972. The van der Waals surface area contributed by atoms with E-state index in [1.807, 2.05) is 36.8 Å². The van der Waals surface area contributed by atoms with Gasteiger partial charge in [-0.3, -0.25) is 15.0 Å². The summed E-state index contributed by atoms with van der Waals surface area (Å²) < 4.78 is 4.61. The standard InChI is InChI=1S/C51H35N7/c1-4-13-43-40(10-1)49-46(16-7-31-52-49)56(43)37-25-19-34(20-26-37)55(35-21-27-38(28-22-35)57-44-14-5-2-11-41(44)50-47(57)17-8-32-53-50)36-23-29-39(30-24-36)58-45-15-6-3-12-42(45)51-48(58)18-9-33-54-51/h1-33,40,43H. The van der Waals surface area contributed by atoms with Crippen LogP contribution in [-0.2, 0) is 0 Å². The van der Waals surface area contributed by atoms with Gasteiger partial charge < -0.3 is 18.9 Å². The zero-order valence-corrected chi connectivity index (χ0v) is 31.3. The summed E-state index contributed by atoms with van der Waals surface area (Å²) in [6.07, 6.45) is 14.5. The minimum absolute atomic E-state index is 0.184. The highest BCUT2D eigenvalue weighted by Crippen LogP contribution is 2.47. The third-order valence-corrected chi connectivity index (χ3v) is 11.8. The van der Waals surface area contributed by atoms with Crippen LogP contribution in [0.1, 0.15) is 11.6 Å². The van der Waals surface area contributed by atoms with Gasteiger partial charge in [-0.1, -0.05) is 60.7 Å². The highest BCUT2D eigenvalue weighted by Gasteiger charge is 2.38. The lowest BCUT2D eigenvalue weighted by molar-refractivity contribution is 0.732. The summed E-state index contributed by atoms with van der Waals surface area (Å²) in [5, 5.41) is 2.29. The van der Waals surface area contributed by atoms with Crippen LogP contribution in [0, 0.1) is 0 Å². The number of fused-ring (bicyclic) bond motifs is 9. The van der Waals surface area contributed by atoms with Gasteiger partial charge in [0, 0.05) is 69.4 Å². The highest BCUT2D eigenvalue weighted by molar-refractivity contribution is 6.08. The molecule has 2 atom stereocenters. The van der Waals surface area contributed by atoms with Crippen LogP contribution in [0.15, 0.2) is 201 Å². The molecule has 2 aliphatic rings. The van der Waals surface area contributed by atoms with Gasteiger partial charge in [0.05, 0.1) is 50.5 Å². The van der Waals surface area contributed by atoms with Crippen molar-refractivity contribution in [2.24, 2.45) is 0 Å². The second-order valence-electron chi connectivity index (χ2n) is 14.9. The molecule has 58 heavy (non-hydrogen) atoms. The van der Waals surface area contributed by atoms with E-state index in [-0.39, 0.29) is 12.0 Å². The Morgan fingerprint density at radius 2 is 0.879 bits per heavy atom. The minimum Gasteiger partial charge on any atom is -0.332 e. The fourth-order valence-electron chi connectivity index (χ4n) is 9.27. The molecule has 2 unspecified atom stereocenters. The highest BCUT2D eigenvalue weighted by atomic mass is 15.2. The van der Waals surface area contributed by atoms with Gasteiger partial charge in [0.25, 0.3) is 0 Å². The van der Waals surface area contributed by atoms with E-state index in [9.17, 15) is 0 Å². The van der Waals surface area contributed by atoms with Gasteiger partial charge in [0.2, 0.25) is 0 Å². The molecule has 0 N–H and O–H groups in total. The smallest absolute Gasteiger partial charge is 0.0963 e. The molecule has 0 bridgehead atoms. The first-order valence-corrected chi connectivity index (χ1v) is 19.7. The number of aromatic nitrogens is 5. The van der Waals surface area contributed by atoms with Crippen LogP contribution in [0.3, 0.4) is 0 Å². The number of rotatable bonds is 6. The Kier molecular flexibility index (Phi) is 7.22. The maximum Gasteiger partial charge on any atom is 0.0963 e. The molecule has 0 radical (unpaired) electrons. The first-order chi connectivity index (χ1) is 28.8. The van der Waals surface area contributed by atoms with Crippen molar-refractivity contribution in [2.45, 2.75) is 12.0 Å². The van der Waals surface area contributed by atoms with Gasteiger partial charge in [0.15, 0.2) is 0 Å². The maximum atomic E-state index is 4.82. The lowest BCUT2D eigenvalue weighted by atomic mass is 9.94. The molecule has 0 fully saturated rings. The molecule has 7 nitrogen and oxygen atoms in total. The fourth-order valence-corrected chi connectivity index (χ4v) is 9.27. The second-order valence-corrected chi connectivity index (χ2v) is 14.9. The average Bonchev–Trinajstić information content (AvgIpc) is 3.93. The van der Waals surface area contributed by atoms with Crippen molar-refractivity contribution in [2.75, 3.05) is 9.80 Å². The third kappa shape index (κ3) is 4.90. The lowest BCUT2D eigenvalue weighted by Gasteiger charge is -2.30. The lowest BCUT2D eigenvalue weighted by Crippen LogP contribution is -2.28. The van der Waals surface area contributed by atoms with Gasteiger partial charge >= 0.3 is 0 Å². The Bertz CT molecular complexity index is 2980. The molecule has 6 heterocycles. The molecule has 7 heteroatoms. The van der Waals surface area contributed by atoms with Gasteiger partial charge in [-0.05, 0) is 121 Å². The third-order valence-electron chi connectivity index (χ3n) is 11.8. The van der Waals surface area contributed by atoms with Crippen molar-refractivity contribution < 1.29 is 0 Å². The number of hydrogen-bond donors (Lipinski definition) is 0. The van der Waals surface area contributed by atoms with Crippen molar-refractivity contribution in [3.63, 3.8) is 0 Å². The first kappa shape index (κ1) is 32.5. The molecule has 0 saturated heterocycles. The SMILES string of the molecule is C1=CC2c3ncccc3N(c3ccc(N(c4ccc(-n5c6ccccc6c6ncccc65)cc4)c4ccc(-n5c6ccccc6c6ncccc65)cc4)cc3)C2C=C1. The fraction of sp³-hybridized carbons (Fsp3) is 0.0392. The predicted molar refractivity (Wildman–Crippen MR) is 237 cm³/mol. The number of para-hydroxylation sites is 2. The molecular weight excluding hydrogens is 711 g/mol. The molecule has 5 aromatic carbocycles. The molecule has 1 aliphatic carbocycles. The number of allylic oxidation sites excluding steroid dienone is 2. The van der Waals surface area contributed by atoms with Gasteiger partial charge in [0.1, 0.15) is 0 Å². The van der Waals surface area contributed by atoms with E-state index in [2.05, 4.69) is 183 Å². The Hall–Kier alpha value is -7.77. The summed E-state index contributed by atoms with van der Waals surface area (Å²) in [6, 6.07) is 56.4. The molecule has 0 amide bonds. The molecule has 5 aromatic heterocycles. The molecule has 0 spiro atoms. The van der Waals surface area contributed by atoms with Crippen molar-refractivity contribution in [1.29, 1.82) is 0 Å². The van der Waals surface area contributed by atoms with Gasteiger partial charge in [-0.15, -0.1) is 0 Å². The van der Waals surface area contributed by atoms with Crippen molar-refractivity contribution in [3.8, 4) is 11.4 Å². The van der Waals surface area contributed by atoms with E-state index in [0.29, 0.717) is 0 Å². The number of hydrogen-bond acceptors (Lipinski definition) is 5. The quantitative estimate of drug-likeness (QED) is 0.170. The van der Waals surface area contributed by atoms with E-state index >= 15 is 0 Å². The largest absolute Gasteiger partial charge is 0.332 e. The molecule has 274 valence electrons. The topological polar surface area (TPSA) is 55.0 Å². The van der Waals surface area contributed by atoms with Gasteiger partial charge in [-0.2, -0.15) is 0 Å². The van der Waals surface area contributed by atoms with Crippen molar-refractivity contribution in [1.82, 2.24) is 24.1 Å². The Morgan fingerprint density at radius 1 is 0.414 bits per heavy atom.